The van der Waals surface area contributed by atoms with Crippen LogP contribution in [0.4, 0.5) is 4.39 Å². The van der Waals surface area contributed by atoms with E-state index in [4.69, 9.17) is 4.42 Å². The van der Waals surface area contributed by atoms with Crippen molar-refractivity contribution in [2.24, 2.45) is 11.8 Å². The molecule has 1 aromatic heterocycles. The summed E-state index contributed by atoms with van der Waals surface area (Å²) in [5, 5.41) is 9.92. The number of piperidine rings is 1. The fourth-order valence-electron chi connectivity index (χ4n) is 3.60. The largest absolute Gasteiger partial charge is 0.475 e. The van der Waals surface area contributed by atoms with Crippen LogP contribution in [0.5, 0.6) is 0 Å². The standard InChI is InChI=1S/C17H20FNO3/c1-10-5-11(2)8-19(7-10)9-14-13-6-12(18)3-4-15(13)22-16(14)17(20)21/h3-4,6,10-11H,5,7-9H2,1-2H3,(H,20,21). The first-order valence-corrected chi connectivity index (χ1v) is 7.60. The van der Waals surface area contributed by atoms with Gasteiger partial charge in [0.2, 0.25) is 5.76 Å². The summed E-state index contributed by atoms with van der Waals surface area (Å²) in [4.78, 5) is 13.7. The molecule has 4 nitrogen and oxygen atoms in total. The van der Waals surface area contributed by atoms with Crippen LogP contribution in [0.3, 0.4) is 0 Å². The monoisotopic (exact) mass is 305 g/mol. The molecule has 22 heavy (non-hydrogen) atoms. The third-order valence-corrected chi connectivity index (χ3v) is 4.27. The van der Waals surface area contributed by atoms with E-state index in [0.717, 1.165) is 13.1 Å². The van der Waals surface area contributed by atoms with Gasteiger partial charge in [0.15, 0.2) is 0 Å². The molecule has 0 aliphatic carbocycles. The maximum Gasteiger partial charge on any atom is 0.372 e. The average Bonchev–Trinajstić information content (AvgIpc) is 2.76. The number of furan rings is 1. The van der Waals surface area contributed by atoms with E-state index in [0.29, 0.717) is 34.9 Å². The number of fused-ring (bicyclic) bond motifs is 1. The molecule has 1 aliphatic rings. The van der Waals surface area contributed by atoms with Crippen LogP contribution in [0.25, 0.3) is 11.0 Å². The molecule has 118 valence electrons. The molecule has 3 rings (SSSR count). The van der Waals surface area contributed by atoms with Crippen LogP contribution in [0.15, 0.2) is 22.6 Å². The summed E-state index contributed by atoms with van der Waals surface area (Å²) in [6, 6.07) is 4.13. The number of carboxylic acids is 1. The molecule has 1 N–H and O–H groups in total. The zero-order valence-corrected chi connectivity index (χ0v) is 12.8. The second kappa shape index (κ2) is 5.72. The second-order valence-electron chi connectivity index (χ2n) is 6.50. The first-order chi connectivity index (χ1) is 10.4. The van der Waals surface area contributed by atoms with Gasteiger partial charge < -0.3 is 9.52 Å². The molecule has 0 spiro atoms. The Morgan fingerprint density at radius 1 is 1.36 bits per heavy atom. The van der Waals surface area contributed by atoms with Crippen molar-refractivity contribution in [3.05, 3.63) is 35.3 Å². The minimum atomic E-state index is -1.11. The lowest BCUT2D eigenvalue weighted by Gasteiger charge is -2.34. The fourth-order valence-corrected chi connectivity index (χ4v) is 3.60. The minimum absolute atomic E-state index is 0.0773. The molecule has 5 heteroatoms. The van der Waals surface area contributed by atoms with E-state index < -0.39 is 5.97 Å². The third-order valence-electron chi connectivity index (χ3n) is 4.27. The highest BCUT2D eigenvalue weighted by molar-refractivity contribution is 5.95. The molecule has 0 saturated carbocycles. The van der Waals surface area contributed by atoms with Gasteiger partial charge in [0.05, 0.1) is 0 Å². The van der Waals surface area contributed by atoms with Gasteiger partial charge in [-0.2, -0.15) is 0 Å². The summed E-state index contributed by atoms with van der Waals surface area (Å²) in [5.41, 5.74) is 0.996. The summed E-state index contributed by atoms with van der Waals surface area (Å²) in [6.07, 6.45) is 1.18. The Balaban J connectivity index is 1.99. The van der Waals surface area contributed by atoms with E-state index in [1.807, 2.05) is 0 Å². The van der Waals surface area contributed by atoms with Crippen LogP contribution < -0.4 is 0 Å². The maximum absolute atomic E-state index is 13.5. The molecule has 2 unspecified atom stereocenters. The zero-order chi connectivity index (χ0) is 15.9. The predicted molar refractivity (Wildman–Crippen MR) is 81.4 cm³/mol. The Morgan fingerprint density at radius 3 is 2.68 bits per heavy atom. The molecule has 0 amide bonds. The molecular weight excluding hydrogens is 285 g/mol. The normalized spacial score (nSPS) is 23.0. The van der Waals surface area contributed by atoms with E-state index >= 15 is 0 Å². The van der Waals surface area contributed by atoms with Crippen molar-refractivity contribution in [1.29, 1.82) is 0 Å². The highest BCUT2D eigenvalue weighted by Crippen LogP contribution is 2.30. The molecule has 1 aromatic carbocycles. The van der Waals surface area contributed by atoms with Gasteiger partial charge >= 0.3 is 5.97 Å². The van der Waals surface area contributed by atoms with Crippen molar-refractivity contribution in [2.45, 2.75) is 26.8 Å². The Bertz CT molecular complexity index is 699. The van der Waals surface area contributed by atoms with Crippen molar-refractivity contribution in [2.75, 3.05) is 13.1 Å². The van der Waals surface area contributed by atoms with Crippen molar-refractivity contribution < 1.29 is 18.7 Å². The Hall–Kier alpha value is -1.88. The van der Waals surface area contributed by atoms with Crippen LogP contribution in [-0.2, 0) is 6.54 Å². The molecule has 2 aromatic rings. The lowest BCUT2D eigenvalue weighted by Crippen LogP contribution is -2.38. The first-order valence-electron chi connectivity index (χ1n) is 7.60. The Kier molecular flexibility index (Phi) is 3.91. The van der Waals surface area contributed by atoms with E-state index in [2.05, 4.69) is 18.7 Å². The molecule has 1 saturated heterocycles. The minimum Gasteiger partial charge on any atom is -0.475 e. The van der Waals surface area contributed by atoms with Gasteiger partial charge in [0.1, 0.15) is 11.4 Å². The van der Waals surface area contributed by atoms with Gasteiger partial charge in [-0.1, -0.05) is 13.8 Å². The summed E-state index contributed by atoms with van der Waals surface area (Å²) >= 11 is 0. The summed E-state index contributed by atoms with van der Waals surface area (Å²) in [5.74, 6) is -0.415. The predicted octanol–water partition coefficient (Wildman–Crippen LogP) is 3.75. The Labute approximate surface area is 128 Å². The number of benzene rings is 1. The number of nitrogens with zero attached hydrogens (tertiary/aromatic N) is 1. The number of carbonyl (C=O) groups is 1. The van der Waals surface area contributed by atoms with E-state index in [1.54, 1.807) is 0 Å². The zero-order valence-electron chi connectivity index (χ0n) is 12.8. The smallest absolute Gasteiger partial charge is 0.372 e. The summed E-state index contributed by atoms with van der Waals surface area (Å²) in [6.45, 7) is 6.73. The van der Waals surface area contributed by atoms with Gasteiger partial charge in [0.25, 0.3) is 0 Å². The maximum atomic E-state index is 13.5. The number of likely N-dealkylation sites (tertiary alicyclic amines) is 1. The fraction of sp³-hybridized carbons (Fsp3) is 0.471. The molecule has 1 aliphatic heterocycles. The second-order valence-corrected chi connectivity index (χ2v) is 6.50. The first kappa shape index (κ1) is 15.0. The molecule has 1 fully saturated rings. The molecule has 2 atom stereocenters. The van der Waals surface area contributed by atoms with Crippen LogP contribution in [0, 0.1) is 17.7 Å². The number of rotatable bonds is 3. The lowest BCUT2D eigenvalue weighted by atomic mass is 9.91. The van der Waals surface area contributed by atoms with E-state index in [1.165, 1.54) is 24.6 Å². The van der Waals surface area contributed by atoms with Crippen molar-refractivity contribution in [3.63, 3.8) is 0 Å². The highest BCUT2D eigenvalue weighted by Gasteiger charge is 2.26. The molecule has 0 bridgehead atoms. The van der Waals surface area contributed by atoms with Gasteiger partial charge in [-0.25, -0.2) is 9.18 Å². The van der Waals surface area contributed by atoms with E-state index in [9.17, 15) is 14.3 Å². The van der Waals surface area contributed by atoms with Crippen molar-refractivity contribution in [1.82, 2.24) is 4.90 Å². The molecule has 2 heterocycles. The number of hydrogen-bond acceptors (Lipinski definition) is 3. The van der Waals surface area contributed by atoms with Crippen molar-refractivity contribution in [3.8, 4) is 0 Å². The van der Waals surface area contributed by atoms with E-state index in [-0.39, 0.29) is 11.6 Å². The van der Waals surface area contributed by atoms with Crippen LogP contribution >= 0.6 is 0 Å². The van der Waals surface area contributed by atoms with Crippen LogP contribution in [0.2, 0.25) is 0 Å². The summed E-state index contributed by atoms with van der Waals surface area (Å²) in [7, 11) is 0. The van der Waals surface area contributed by atoms with Gasteiger partial charge in [-0.05, 0) is 36.5 Å². The lowest BCUT2D eigenvalue weighted by molar-refractivity contribution is 0.0659. The number of carboxylic acid groups (broad SMARTS) is 1. The van der Waals surface area contributed by atoms with Gasteiger partial charge in [0, 0.05) is 30.6 Å². The van der Waals surface area contributed by atoms with Crippen LogP contribution in [0.1, 0.15) is 36.4 Å². The summed E-state index contributed by atoms with van der Waals surface area (Å²) < 4.78 is 18.9. The SMILES string of the molecule is CC1CC(C)CN(Cc2c(C(=O)O)oc3ccc(F)cc23)C1. The third kappa shape index (κ3) is 2.86. The molecular formula is C17H20FNO3. The van der Waals surface area contributed by atoms with Gasteiger partial charge in [-0.3, -0.25) is 4.90 Å². The Morgan fingerprint density at radius 2 is 2.05 bits per heavy atom. The number of halogens is 1. The van der Waals surface area contributed by atoms with Gasteiger partial charge in [-0.15, -0.1) is 0 Å². The highest BCUT2D eigenvalue weighted by atomic mass is 19.1. The molecule has 0 radical (unpaired) electrons. The number of hydrogen-bond donors (Lipinski definition) is 1. The number of aromatic carboxylic acids is 1. The quantitative estimate of drug-likeness (QED) is 0.938. The van der Waals surface area contributed by atoms with Crippen LogP contribution in [-0.4, -0.2) is 29.1 Å². The topological polar surface area (TPSA) is 53.7 Å². The average molecular weight is 305 g/mol. The van der Waals surface area contributed by atoms with Crippen molar-refractivity contribution >= 4 is 16.9 Å².